The van der Waals surface area contributed by atoms with Crippen LogP contribution < -0.4 is 5.01 Å². The van der Waals surface area contributed by atoms with Crippen molar-refractivity contribution >= 4 is 37.7 Å². The van der Waals surface area contributed by atoms with Crippen molar-refractivity contribution in [2.24, 2.45) is 0 Å². The van der Waals surface area contributed by atoms with Crippen LogP contribution in [-0.4, -0.2) is 51.2 Å². The minimum absolute atomic E-state index is 0.00620. The molecule has 2 aromatic carbocycles. The molecule has 0 heterocycles. The third-order valence-electron chi connectivity index (χ3n) is 7.19. The van der Waals surface area contributed by atoms with E-state index >= 15 is 13.2 Å². The summed E-state index contributed by atoms with van der Waals surface area (Å²) >= 11 is 6.34. The van der Waals surface area contributed by atoms with Gasteiger partial charge in [-0.25, -0.2) is 23.0 Å². The number of esters is 1. The lowest BCUT2D eigenvalue weighted by Gasteiger charge is -2.43. The van der Waals surface area contributed by atoms with E-state index in [1.807, 2.05) is 6.07 Å². The Kier molecular flexibility index (Phi) is 12.2. The molecule has 0 aliphatic carbocycles. The molecule has 0 aliphatic heterocycles. The Hall–Kier alpha value is -2.76. The molecule has 0 bridgehead atoms. The van der Waals surface area contributed by atoms with Gasteiger partial charge in [0.1, 0.15) is 11.4 Å². The van der Waals surface area contributed by atoms with Gasteiger partial charge >= 0.3 is 12.1 Å². The van der Waals surface area contributed by atoms with Crippen LogP contribution in [0.1, 0.15) is 72.1 Å². The molecular formula is C31H44ClF3N2O5Si. The van der Waals surface area contributed by atoms with Crippen molar-refractivity contribution in [3.63, 3.8) is 0 Å². The summed E-state index contributed by atoms with van der Waals surface area (Å²) in [4.78, 5) is 25.5. The summed E-state index contributed by atoms with van der Waals surface area (Å²) in [5.41, 5.74) is -1.59. The monoisotopic (exact) mass is 644 g/mol. The molecule has 2 aromatic rings. The minimum Gasteiger partial charge on any atom is -0.469 e. The van der Waals surface area contributed by atoms with Crippen LogP contribution >= 0.6 is 11.6 Å². The Morgan fingerprint density at radius 3 is 2.16 bits per heavy atom. The maximum atomic E-state index is 15.7. The van der Waals surface area contributed by atoms with E-state index < -0.39 is 67.2 Å². The zero-order chi connectivity index (χ0) is 32.9. The van der Waals surface area contributed by atoms with Gasteiger partial charge in [0, 0.05) is 23.2 Å². The van der Waals surface area contributed by atoms with Crippen molar-refractivity contribution in [2.45, 2.75) is 91.1 Å². The summed E-state index contributed by atoms with van der Waals surface area (Å²) < 4.78 is 63.2. The number of hydrogen-bond donors (Lipinski definition) is 0. The second kappa shape index (κ2) is 14.3. The topological polar surface area (TPSA) is 68.3 Å². The van der Waals surface area contributed by atoms with E-state index in [1.54, 1.807) is 45.9 Å². The lowest BCUT2D eigenvalue weighted by molar-refractivity contribution is -0.139. The molecule has 2 rings (SSSR count). The molecule has 1 amide bonds. The standard InChI is InChI=1S/C31H44ClF3N2O5Si/c1-11-15-36(24-18-23(33)22(17-26(38)40-8)27(34)28(24)35)37(29(39)41-30(2,3)4)19-25(20-13-12-14-21(32)16-20)42-43(9,10)31(5,6)7/h12-14,16,18,25H,11,15,17,19H2,1-10H3/t25-/m0/s1. The van der Waals surface area contributed by atoms with Crippen molar-refractivity contribution in [1.82, 2.24) is 5.01 Å². The molecule has 12 heteroatoms. The Bertz CT molecular complexity index is 1300. The van der Waals surface area contributed by atoms with Crippen LogP contribution in [-0.2, 0) is 25.1 Å². The molecule has 0 radical (unpaired) electrons. The maximum Gasteiger partial charge on any atom is 0.429 e. The molecule has 0 unspecified atom stereocenters. The first kappa shape index (κ1) is 36.4. The van der Waals surface area contributed by atoms with Crippen molar-refractivity contribution in [2.75, 3.05) is 25.2 Å². The van der Waals surface area contributed by atoms with Gasteiger partial charge in [-0.3, -0.25) is 9.80 Å². The predicted octanol–water partition coefficient (Wildman–Crippen LogP) is 8.60. The first-order valence-electron chi connectivity index (χ1n) is 14.2. The van der Waals surface area contributed by atoms with E-state index in [0.717, 1.165) is 23.2 Å². The van der Waals surface area contributed by atoms with Crippen LogP contribution in [0.15, 0.2) is 30.3 Å². The van der Waals surface area contributed by atoms with Gasteiger partial charge in [0.25, 0.3) is 0 Å². The number of amides is 1. The number of carbonyl (C=O) groups is 2. The van der Waals surface area contributed by atoms with Crippen molar-refractivity contribution < 1.29 is 36.7 Å². The summed E-state index contributed by atoms with van der Waals surface area (Å²) in [5, 5.41) is 2.51. The third kappa shape index (κ3) is 9.61. The third-order valence-corrected chi connectivity index (χ3v) is 11.9. The number of rotatable bonds is 11. The highest BCUT2D eigenvalue weighted by atomic mass is 35.5. The first-order valence-corrected chi connectivity index (χ1v) is 17.5. The number of nitrogens with zero attached hydrogens (tertiary/aromatic N) is 2. The number of halogens is 4. The van der Waals surface area contributed by atoms with Gasteiger partial charge in [-0.1, -0.05) is 51.4 Å². The summed E-state index contributed by atoms with van der Waals surface area (Å²) in [6.07, 6.45) is -2.06. The molecule has 0 aliphatic rings. The van der Waals surface area contributed by atoms with E-state index in [9.17, 15) is 9.59 Å². The summed E-state index contributed by atoms with van der Waals surface area (Å²) in [6.45, 7) is 16.9. The van der Waals surface area contributed by atoms with Crippen LogP contribution in [0.2, 0.25) is 23.2 Å². The first-order chi connectivity index (χ1) is 19.7. The van der Waals surface area contributed by atoms with Gasteiger partial charge in [0.2, 0.25) is 0 Å². The Morgan fingerprint density at radius 1 is 1.02 bits per heavy atom. The molecule has 7 nitrogen and oxygen atoms in total. The smallest absolute Gasteiger partial charge is 0.429 e. The highest BCUT2D eigenvalue weighted by Gasteiger charge is 2.41. The zero-order valence-electron chi connectivity index (χ0n) is 26.7. The number of hydrazine groups is 1. The lowest BCUT2D eigenvalue weighted by Crippen LogP contribution is -2.53. The molecule has 0 saturated carbocycles. The van der Waals surface area contributed by atoms with Crippen molar-refractivity contribution in [3.8, 4) is 0 Å². The van der Waals surface area contributed by atoms with Crippen molar-refractivity contribution in [3.05, 3.63) is 63.9 Å². The molecule has 0 aromatic heterocycles. The normalized spacial score (nSPS) is 13.0. The van der Waals surface area contributed by atoms with Gasteiger partial charge in [-0.15, -0.1) is 0 Å². The van der Waals surface area contributed by atoms with E-state index in [4.69, 9.17) is 20.8 Å². The summed E-state index contributed by atoms with van der Waals surface area (Å²) in [7, 11) is -1.42. The highest BCUT2D eigenvalue weighted by Crippen LogP contribution is 2.41. The van der Waals surface area contributed by atoms with Crippen LogP contribution in [0.4, 0.5) is 23.7 Å². The second-order valence-corrected chi connectivity index (χ2v) is 18.0. The molecule has 240 valence electrons. The Morgan fingerprint density at radius 2 is 1.65 bits per heavy atom. The Labute approximate surface area is 259 Å². The fourth-order valence-corrected chi connectivity index (χ4v) is 5.44. The summed E-state index contributed by atoms with van der Waals surface area (Å²) in [6, 6.07) is 7.76. The number of hydrogen-bond acceptors (Lipinski definition) is 6. The van der Waals surface area contributed by atoms with Gasteiger partial charge in [-0.2, -0.15) is 0 Å². The number of anilines is 1. The van der Waals surface area contributed by atoms with Crippen molar-refractivity contribution in [1.29, 1.82) is 0 Å². The number of ether oxygens (including phenoxy) is 2. The average molecular weight is 645 g/mol. The lowest BCUT2D eigenvalue weighted by atomic mass is 10.1. The van der Waals surface area contributed by atoms with E-state index in [-0.39, 0.29) is 18.1 Å². The minimum atomic E-state index is -2.48. The quantitative estimate of drug-likeness (QED) is 0.106. The van der Waals surface area contributed by atoms with E-state index in [2.05, 4.69) is 38.6 Å². The second-order valence-electron chi connectivity index (χ2n) is 12.8. The van der Waals surface area contributed by atoms with E-state index in [0.29, 0.717) is 17.0 Å². The Balaban J connectivity index is 2.77. The number of methoxy groups -OCH3 is 1. The maximum absolute atomic E-state index is 15.7. The SMILES string of the molecule is CCCN(c1cc(F)c(CC(=O)OC)c(F)c1F)N(C[C@H](O[Si](C)(C)C(C)(C)C)c1cccc(Cl)c1)C(=O)OC(C)(C)C. The van der Waals surface area contributed by atoms with Gasteiger partial charge in [0.05, 0.1) is 31.9 Å². The predicted molar refractivity (Wildman–Crippen MR) is 165 cm³/mol. The molecule has 0 spiro atoms. The molecule has 1 atom stereocenters. The molecule has 0 fully saturated rings. The van der Waals surface area contributed by atoms with Gasteiger partial charge in [0.15, 0.2) is 20.0 Å². The van der Waals surface area contributed by atoms with Crippen LogP contribution in [0.3, 0.4) is 0 Å². The fourth-order valence-electron chi connectivity index (χ4n) is 3.96. The van der Waals surface area contributed by atoms with Gasteiger partial charge in [-0.05, 0) is 63.0 Å². The summed E-state index contributed by atoms with van der Waals surface area (Å²) in [5.74, 6) is -5.06. The molecular weight excluding hydrogens is 601 g/mol. The molecule has 0 N–H and O–H groups in total. The number of benzene rings is 2. The molecule has 43 heavy (non-hydrogen) atoms. The van der Waals surface area contributed by atoms with Gasteiger partial charge < -0.3 is 13.9 Å². The average Bonchev–Trinajstić information content (AvgIpc) is 2.88. The number of carbonyl (C=O) groups excluding carboxylic acids is 2. The van der Waals surface area contributed by atoms with Crippen LogP contribution in [0.5, 0.6) is 0 Å². The molecule has 0 saturated heterocycles. The fraction of sp³-hybridized carbons (Fsp3) is 0.548. The van der Waals surface area contributed by atoms with Crippen LogP contribution in [0, 0.1) is 17.5 Å². The zero-order valence-corrected chi connectivity index (χ0v) is 28.5. The largest absolute Gasteiger partial charge is 0.469 e. The van der Waals surface area contributed by atoms with Crippen LogP contribution in [0.25, 0.3) is 0 Å². The highest BCUT2D eigenvalue weighted by molar-refractivity contribution is 6.74. The van der Waals surface area contributed by atoms with E-state index in [1.165, 1.54) is 0 Å².